The fourth-order valence-corrected chi connectivity index (χ4v) is 3.33. The van der Waals surface area contributed by atoms with Gasteiger partial charge < -0.3 is 5.32 Å². The van der Waals surface area contributed by atoms with E-state index in [2.05, 4.69) is 49.2 Å². The van der Waals surface area contributed by atoms with Crippen LogP contribution in [0.4, 0.5) is 0 Å². The Labute approximate surface area is 129 Å². The zero-order chi connectivity index (χ0) is 14.8. The Bertz CT molecular complexity index is 474. The molecule has 1 aromatic carbocycles. The molecule has 21 heavy (non-hydrogen) atoms. The number of hydrogen-bond donors (Lipinski definition) is 1. The summed E-state index contributed by atoms with van der Waals surface area (Å²) in [6, 6.07) is 8.23. The van der Waals surface area contributed by atoms with Crippen LogP contribution >= 0.6 is 0 Å². The number of nitrogens with one attached hydrogen (secondary N) is 1. The van der Waals surface area contributed by atoms with Crippen LogP contribution in [0, 0.1) is 19.8 Å². The van der Waals surface area contributed by atoms with Crippen LogP contribution in [0.3, 0.4) is 0 Å². The van der Waals surface area contributed by atoms with Gasteiger partial charge in [0.1, 0.15) is 0 Å². The number of hydrogen-bond acceptors (Lipinski definition) is 2. The minimum Gasteiger partial charge on any atom is -0.309 e. The van der Waals surface area contributed by atoms with Crippen molar-refractivity contribution in [3.8, 4) is 0 Å². The zero-order valence-corrected chi connectivity index (χ0v) is 13.9. The number of aryl methyl sites for hydroxylation is 2. The van der Waals surface area contributed by atoms with Crippen LogP contribution < -0.4 is 5.32 Å². The average molecular weight is 286 g/mol. The number of rotatable bonds is 8. The van der Waals surface area contributed by atoms with Crippen molar-refractivity contribution in [2.45, 2.75) is 58.5 Å². The van der Waals surface area contributed by atoms with E-state index >= 15 is 0 Å². The zero-order valence-electron chi connectivity index (χ0n) is 13.9. The fraction of sp³-hybridized carbons (Fsp3) is 0.684. The molecule has 0 aromatic heterocycles. The molecule has 0 spiro atoms. The van der Waals surface area contributed by atoms with Crippen LogP contribution in [0.25, 0.3) is 0 Å². The molecule has 2 aliphatic rings. The summed E-state index contributed by atoms with van der Waals surface area (Å²) in [5, 5.41) is 3.73. The lowest BCUT2D eigenvalue weighted by atomic mass is 9.98. The Morgan fingerprint density at radius 2 is 1.95 bits per heavy atom. The van der Waals surface area contributed by atoms with Gasteiger partial charge in [-0.2, -0.15) is 0 Å². The molecule has 0 bridgehead atoms. The van der Waals surface area contributed by atoms with Crippen LogP contribution in [-0.2, 0) is 0 Å². The van der Waals surface area contributed by atoms with Gasteiger partial charge >= 0.3 is 0 Å². The molecule has 1 atom stereocenters. The van der Waals surface area contributed by atoms with Gasteiger partial charge in [-0.05, 0) is 63.1 Å². The van der Waals surface area contributed by atoms with E-state index < -0.39 is 0 Å². The van der Waals surface area contributed by atoms with Gasteiger partial charge in [-0.15, -0.1) is 0 Å². The Hall–Kier alpha value is -0.860. The highest BCUT2D eigenvalue weighted by molar-refractivity contribution is 5.33. The minimum absolute atomic E-state index is 0.481. The molecule has 0 radical (unpaired) electrons. The fourth-order valence-electron chi connectivity index (χ4n) is 3.33. The van der Waals surface area contributed by atoms with Gasteiger partial charge in [0, 0.05) is 25.2 Å². The molecule has 2 aliphatic carbocycles. The summed E-state index contributed by atoms with van der Waals surface area (Å²) in [5.41, 5.74) is 4.30. The van der Waals surface area contributed by atoms with Gasteiger partial charge in [0.15, 0.2) is 0 Å². The molecule has 0 saturated heterocycles. The molecule has 2 heteroatoms. The molecule has 1 N–H and O–H groups in total. The first-order valence-corrected chi connectivity index (χ1v) is 8.72. The summed E-state index contributed by atoms with van der Waals surface area (Å²) in [4.78, 5) is 2.77. The Balaban J connectivity index is 1.74. The molecule has 0 amide bonds. The maximum Gasteiger partial charge on any atom is 0.0452 e. The summed E-state index contributed by atoms with van der Waals surface area (Å²) < 4.78 is 0. The summed E-state index contributed by atoms with van der Waals surface area (Å²) in [5.74, 6) is 0.992. The van der Waals surface area contributed by atoms with E-state index in [0.29, 0.717) is 6.04 Å². The van der Waals surface area contributed by atoms with Crippen LogP contribution in [-0.4, -0.2) is 30.6 Å². The molecule has 2 saturated carbocycles. The minimum atomic E-state index is 0.481. The normalized spacial score (nSPS) is 20.0. The van der Waals surface area contributed by atoms with Gasteiger partial charge in [0.2, 0.25) is 0 Å². The van der Waals surface area contributed by atoms with Crippen molar-refractivity contribution in [1.82, 2.24) is 10.2 Å². The second kappa shape index (κ2) is 6.50. The van der Waals surface area contributed by atoms with Crippen molar-refractivity contribution in [1.29, 1.82) is 0 Å². The molecule has 2 nitrogen and oxygen atoms in total. The van der Waals surface area contributed by atoms with Gasteiger partial charge in [-0.3, -0.25) is 4.90 Å². The molecule has 3 rings (SSSR count). The molecule has 0 aliphatic heterocycles. The maximum absolute atomic E-state index is 3.73. The van der Waals surface area contributed by atoms with Crippen molar-refractivity contribution < 1.29 is 0 Å². The van der Waals surface area contributed by atoms with Gasteiger partial charge in [0.25, 0.3) is 0 Å². The molecule has 0 heterocycles. The average Bonchev–Trinajstić information content (AvgIpc) is 3.33. The smallest absolute Gasteiger partial charge is 0.0452 e. The van der Waals surface area contributed by atoms with Crippen LogP contribution in [0.15, 0.2) is 18.2 Å². The van der Waals surface area contributed by atoms with Crippen molar-refractivity contribution in [3.05, 3.63) is 34.9 Å². The lowest BCUT2D eigenvalue weighted by molar-refractivity contribution is 0.224. The molecule has 1 unspecified atom stereocenters. The molecule has 2 fully saturated rings. The van der Waals surface area contributed by atoms with E-state index in [4.69, 9.17) is 0 Å². The first-order valence-electron chi connectivity index (χ1n) is 8.72. The highest BCUT2D eigenvalue weighted by Crippen LogP contribution is 2.36. The first-order chi connectivity index (χ1) is 10.2. The van der Waals surface area contributed by atoms with Crippen LogP contribution in [0.1, 0.15) is 55.3 Å². The monoisotopic (exact) mass is 286 g/mol. The predicted molar refractivity (Wildman–Crippen MR) is 89.7 cm³/mol. The van der Waals surface area contributed by atoms with Crippen molar-refractivity contribution >= 4 is 0 Å². The highest BCUT2D eigenvalue weighted by Gasteiger charge is 2.34. The third-order valence-corrected chi connectivity index (χ3v) is 4.93. The number of likely N-dealkylation sites (N-methyl/N-ethyl adjacent to an activating group) is 1. The lowest BCUT2D eigenvalue weighted by Gasteiger charge is -2.29. The Kier molecular flexibility index (Phi) is 4.66. The quantitative estimate of drug-likeness (QED) is 0.781. The third kappa shape index (κ3) is 4.08. The van der Waals surface area contributed by atoms with Crippen molar-refractivity contribution in [2.24, 2.45) is 5.92 Å². The summed E-state index contributed by atoms with van der Waals surface area (Å²) >= 11 is 0. The second-order valence-electron chi connectivity index (χ2n) is 7.10. The summed E-state index contributed by atoms with van der Waals surface area (Å²) in [6.07, 6.45) is 5.74. The van der Waals surface area contributed by atoms with Gasteiger partial charge in [-0.1, -0.05) is 30.7 Å². The lowest BCUT2D eigenvalue weighted by Crippen LogP contribution is -2.38. The van der Waals surface area contributed by atoms with E-state index in [-0.39, 0.29) is 0 Å². The largest absolute Gasteiger partial charge is 0.309 e. The van der Waals surface area contributed by atoms with E-state index in [1.165, 1.54) is 55.5 Å². The van der Waals surface area contributed by atoms with E-state index in [1.807, 2.05) is 0 Å². The molecular formula is C19H30N2. The van der Waals surface area contributed by atoms with Crippen LogP contribution in [0.2, 0.25) is 0 Å². The standard InChI is InChI=1S/C19H30N2/c1-4-20-19(18-11-14(2)5-6-15(18)3)13-21(17-9-10-17)12-16-7-8-16/h5-6,11,16-17,19-20H,4,7-10,12-13H2,1-3H3. The van der Waals surface area contributed by atoms with Crippen molar-refractivity contribution in [3.63, 3.8) is 0 Å². The van der Waals surface area contributed by atoms with Crippen molar-refractivity contribution in [2.75, 3.05) is 19.6 Å². The predicted octanol–water partition coefficient (Wildman–Crippen LogP) is 3.83. The maximum atomic E-state index is 3.73. The van der Waals surface area contributed by atoms with E-state index in [1.54, 1.807) is 0 Å². The molecule has 116 valence electrons. The SMILES string of the molecule is CCNC(CN(CC1CC1)C1CC1)c1cc(C)ccc1C. The van der Waals surface area contributed by atoms with E-state index in [0.717, 1.165) is 18.5 Å². The van der Waals surface area contributed by atoms with E-state index in [9.17, 15) is 0 Å². The molecule has 1 aromatic rings. The summed E-state index contributed by atoms with van der Waals surface area (Å²) in [6.45, 7) is 10.2. The topological polar surface area (TPSA) is 15.3 Å². The van der Waals surface area contributed by atoms with Gasteiger partial charge in [-0.25, -0.2) is 0 Å². The summed E-state index contributed by atoms with van der Waals surface area (Å²) in [7, 11) is 0. The molecular weight excluding hydrogens is 256 g/mol. The van der Waals surface area contributed by atoms with Crippen LogP contribution in [0.5, 0.6) is 0 Å². The third-order valence-electron chi connectivity index (χ3n) is 4.93. The Morgan fingerprint density at radius 3 is 2.57 bits per heavy atom. The first kappa shape index (κ1) is 15.1. The second-order valence-corrected chi connectivity index (χ2v) is 7.10. The number of nitrogens with zero attached hydrogens (tertiary/aromatic N) is 1. The van der Waals surface area contributed by atoms with Gasteiger partial charge in [0.05, 0.1) is 0 Å². The number of benzene rings is 1. The Morgan fingerprint density at radius 1 is 1.19 bits per heavy atom. The highest BCUT2D eigenvalue weighted by atomic mass is 15.2.